The van der Waals surface area contributed by atoms with Crippen molar-refractivity contribution in [3.8, 4) is 6.07 Å². The van der Waals surface area contributed by atoms with E-state index in [4.69, 9.17) is 15.7 Å². The van der Waals surface area contributed by atoms with Crippen LogP contribution in [0, 0.1) is 11.3 Å². The van der Waals surface area contributed by atoms with Crippen LogP contribution in [0.3, 0.4) is 0 Å². The minimum atomic E-state index is 0.459. The van der Waals surface area contributed by atoms with Crippen LogP contribution >= 0.6 is 0 Å². The van der Waals surface area contributed by atoms with Crippen LogP contribution in [0.4, 0.5) is 11.5 Å². The highest BCUT2D eigenvalue weighted by Crippen LogP contribution is 2.13. The van der Waals surface area contributed by atoms with Gasteiger partial charge in [0.25, 0.3) is 0 Å². The number of ether oxygens (including phenoxy) is 1. The van der Waals surface area contributed by atoms with Gasteiger partial charge in [-0.2, -0.15) is 5.26 Å². The monoisotopic (exact) mass is 220 g/mol. The predicted molar refractivity (Wildman–Crippen MR) is 63.0 cm³/mol. The van der Waals surface area contributed by atoms with Crippen molar-refractivity contribution in [2.24, 2.45) is 0 Å². The number of nitriles is 1. The molecule has 0 aromatic carbocycles. The van der Waals surface area contributed by atoms with Gasteiger partial charge >= 0.3 is 0 Å². The van der Waals surface area contributed by atoms with Crippen LogP contribution in [-0.2, 0) is 4.74 Å². The molecule has 1 heterocycles. The number of nitrogen functional groups attached to an aromatic ring is 1. The van der Waals surface area contributed by atoms with Crippen LogP contribution < -0.4 is 10.6 Å². The van der Waals surface area contributed by atoms with Crippen molar-refractivity contribution in [3.05, 3.63) is 18.3 Å². The van der Waals surface area contributed by atoms with Gasteiger partial charge in [-0.05, 0) is 6.07 Å². The molecule has 2 N–H and O–H groups in total. The molecule has 0 aliphatic heterocycles. The lowest BCUT2D eigenvalue weighted by Gasteiger charge is -2.22. The second kappa shape index (κ2) is 6.64. The summed E-state index contributed by atoms with van der Waals surface area (Å²) in [5, 5.41) is 8.59. The molecule has 16 heavy (non-hydrogen) atoms. The fraction of sp³-hybridized carbons (Fsp3) is 0.455. The van der Waals surface area contributed by atoms with E-state index in [1.807, 2.05) is 4.90 Å². The first-order valence-corrected chi connectivity index (χ1v) is 5.10. The Balaban J connectivity index is 2.70. The molecule has 0 aliphatic rings. The number of nitrogens with two attached hydrogens (primary N) is 1. The molecule has 5 heteroatoms. The molecule has 0 saturated carbocycles. The fourth-order valence-electron chi connectivity index (χ4n) is 1.33. The van der Waals surface area contributed by atoms with Crippen molar-refractivity contribution in [2.75, 3.05) is 37.4 Å². The SMILES string of the molecule is COCCN(CCC#N)c1cc(N)ccn1. The van der Waals surface area contributed by atoms with Crippen molar-refractivity contribution in [3.63, 3.8) is 0 Å². The Morgan fingerprint density at radius 1 is 1.56 bits per heavy atom. The Labute approximate surface area is 95.4 Å². The Morgan fingerprint density at radius 2 is 2.38 bits per heavy atom. The van der Waals surface area contributed by atoms with Gasteiger partial charge < -0.3 is 15.4 Å². The van der Waals surface area contributed by atoms with Gasteiger partial charge in [0.1, 0.15) is 5.82 Å². The summed E-state index contributed by atoms with van der Waals surface area (Å²) >= 11 is 0. The van der Waals surface area contributed by atoms with Gasteiger partial charge in [0.05, 0.1) is 19.1 Å². The minimum absolute atomic E-state index is 0.459. The first-order valence-electron chi connectivity index (χ1n) is 5.10. The van der Waals surface area contributed by atoms with E-state index in [1.54, 1.807) is 25.4 Å². The lowest BCUT2D eigenvalue weighted by Crippen LogP contribution is -2.29. The molecule has 5 nitrogen and oxygen atoms in total. The van der Waals surface area contributed by atoms with E-state index < -0.39 is 0 Å². The van der Waals surface area contributed by atoms with E-state index in [0.29, 0.717) is 31.8 Å². The second-order valence-corrected chi connectivity index (χ2v) is 3.34. The maximum atomic E-state index is 8.59. The summed E-state index contributed by atoms with van der Waals surface area (Å²) in [4.78, 5) is 6.22. The van der Waals surface area contributed by atoms with Gasteiger partial charge in [-0.3, -0.25) is 0 Å². The summed E-state index contributed by atoms with van der Waals surface area (Å²) in [6, 6.07) is 5.65. The predicted octanol–water partition coefficient (Wildman–Crippen LogP) is 1.03. The van der Waals surface area contributed by atoms with E-state index in [9.17, 15) is 0 Å². The summed E-state index contributed by atoms with van der Waals surface area (Å²) < 4.78 is 5.02. The number of rotatable bonds is 6. The third kappa shape index (κ3) is 3.75. The third-order valence-electron chi connectivity index (χ3n) is 2.15. The molecule has 0 fully saturated rings. The summed E-state index contributed by atoms with van der Waals surface area (Å²) in [5.74, 6) is 0.785. The number of anilines is 2. The largest absolute Gasteiger partial charge is 0.399 e. The Kier molecular flexibility index (Phi) is 5.09. The maximum Gasteiger partial charge on any atom is 0.130 e. The number of aromatic nitrogens is 1. The zero-order chi connectivity index (χ0) is 11.8. The molecule has 0 atom stereocenters. The standard InChI is InChI=1S/C11H16N4O/c1-16-8-7-15(6-2-4-12)11-9-10(13)3-5-14-11/h3,5,9H,2,6-8H2,1H3,(H2,13,14). The molecule has 0 spiro atoms. The fourth-order valence-corrected chi connectivity index (χ4v) is 1.33. The normalized spacial score (nSPS) is 9.75. The molecule has 0 saturated heterocycles. The van der Waals surface area contributed by atoms with Gasteiger partial charge in [-0.25, -0.2) is 4.98 Å². The van der Waals surface area contributed by atoms with E-state index in [0.717, 1.165) is 5.82 Å². The molecule has 0 unspecified atom stereocenters. The van der Waals surface area contributed by atoms with Gasteiger partial charge in [-0.1, -0.05) is 0 Å². The van der Waals surface area contributed by atoms with E-state index >= 15 is 0 Å². The lowest BCUT2D eigenvalue weighted by atomic mass is 10.3. The maximum absolute atomic E-state index is 8.59. The number of nitrogens with zero attached hydrogens (tertiary/aromatic N) is 3. The topological polar surface area (TPSA) is 75.2 Å². The number of hydrogen-bond donors (Lipinski definition) is 1. The van der Waals surface area contributed by atoms with E-state index in [-0.39, 0.29) is 0 Å². The average molecular weight is 220 g/mol. The molecule has 1 aromatic heterocycles. The number of methoxy groups -OCH3 is 1. The van der Waals surface area contributed by atoms with Crippen LogP contribution in [0.15, 0.2) is 18.3 Å². The first-order chi connectivity index (χ1) is 7.77. The van der Waals surface area contributed by atoms with Crippen LogP contribution in [0.5, 0.6) is 0 Å². The summed E-state index contributed by atoms with van der Waals surface area (Å²) in [5.41, 5.74) is 6.36. The quantitative estimate of drug-likeness (QED) is 0.775. The third-order valence-corrected chi connectivity index (χ3v) is 2.15. The van der Waals surface area contributed by atoms with Crippen molar-refractivity contribution >= 4 is 11.5 Å². The number of hydrogen-bond acceptors (Lipinski definition) is 5. The Bertz CT molecular complexity index is 361. The molecule has 0 amide bonds. The molecular formula is C11H16N4O. The average Bonchev–Trinajstić information content (AvgIpc) is 2.29. The summed E-state index contributed by atoms with van der Waals surface area (Å²) in [7, 11) is 1.65. The molecule has 0 bridgehead atoms. The van der Waals surface area contributed by atoms with Gasteiger partial charge in [-0.15, -0.1) is 0 Å². The molecule has 1 rings (SSSR count). The zero-order valence-corrected chi connectivity index (χ0v) is 9.39. The van der Waals surface area contributed by atoms with Crippen LogP contribution in [0.25, 0.3) is 0 Å². The van der Waals surface area contributed by atoms with E-state index in [2.05, 4.69) is 11.1 Å². The smallest absolute Gasteiger partial charge is 0.130 e. The van der Waals surface area contributed by atoms with Crippen LogP contribution in [0.1, 0.15) is 6.42 Å². The highest BCUT2D eigenvalue weighted by atomic mass is 16.5. The summed E-state index contributed by atoms with van der Waals surface area (Å²) in [6.45, 7) is 1.94. The second-order valence-electron chi connectivity index (χ2n) is 3.34. The molecule has 86 valence electrons. The highest BCUT2D eigenvalue weighted by Gasteiger charge is 2.07. The van der Waals surface area contributed by atoms with Gasteiger partial charge in [0, 0.05) is 38.1 Å². The van der Waals surface area contributed by atoms with Crippen LogP contribution in [-0.4, -0.2) is 31.8 Å². The van der Waals surface area contributed by atoms with Crippen molar-refractivity contribution in [1.29, 1.82) is 5.26 Å². The first kappa shape index (κ1) is 12.3. The highest BCUT2D eigenvalue weighted by molar-refractivity contribution is 5.50. The van der Waals surface area contributed by atoms with E-state index in [1.165, 1.54) is 0 Å². The minimum Gasteiger partial charge on any atom is -0.399 e. The van der Waals surface area contributed by atoms with Crippen LogP contribution in [0.2, 0.25) is 0 Å². The van der Waals surface area contributed by atoms with Crippen molar-refractivity contribution in [1.82, 2.24) is 4.98 Å². The molecular weight excluding hydrogens is 204 g/mol. The van der Waals surface area contributed by atoms with Crippen molar-refractivity contribution < 1.29 is 4.74 Å². The molecule has 1 aromatic rings. The zero-order valence-electron chi connectivity index (χ0n) is 9.39. The Morgan fingerprint density at radius 3 is 3.00 bits per heavy atom. The lowest BCUT2D eigenvalue weighted by molar-refractivity contribution is 0.205. The van der Waals surface area contributed by atoms with Gasteiger partial charge in [0.2, 0.25) is 0 Å². The Hall–Kier alpha value is -1.80. The molecule has 0 aliphatic carbocycles. The van der Waals surface area contributed by atoms with Gasteiger partial charge in [0.15, 0.2) is 0 Å². The molecule has 0 radical (unpaired) electrons. The number of pyridine rings is 1. The summed E-state index contributed by atoms with van der Waals surface area (Å²) in [6.07, 6.45) is 2.12. The van der Waals surface area contributed by atoms with Crippen molar-refractivity contribution in [2.45, 2.75) is 6.42 Å².